The van der Waals surface area contributed by atoms with Crippen LogP contribution in [-0.2, 0) is 11.3 Å². The van der Waals surface area contributed by atoms with Crippen molar-refractivity contribution in [3.05, 3.63) is 59.5 Å². The number of esters is 1. The molecule has 9 heteroatoms. The van der Waals surface area contributed by atoms with Crippen LogP contribution in [0.2, 0.25) is 0 Å². The Hall–Kier alpha value is -3.49. The van der Waals surface area contributed by atoms with Gasteiger partial charge in [-0.3, -0.25) is 0 Å². The van der Waals surface area contributed by atoms with E-state index in [9.17, 15) is 13.6 Å². The summed E-state index contributed by atoms with van der Waals surface area (Å²) in [7, 11) is 0. The highest BCUT2D eigenvalue weighted by Gasteiger charge is 2.17. The lowest BCUT2D eigenvalue weighted by Gasteiger charge is -2.02. The van der Waals surface area contributed by atoms with E-state index in [1.165, 1.54) is 0 Å². The summed E-state index contributed by atoms with van der Waals surface area (Å²) in [6, 6.07) is 7.86. The zero-order chi connectivity index (χ0) is 18.1. The molecule has 2 aromatic carbocycles. The number of hydrogen-bond donors (Lipinski definition) is 0. The molecule has 0 unspecified atom stereocenters. The first-order valence-corrected chi connectivity index (χ1v) is 7.45. The summed E-state index contributed by atoms with van der Waals surface area (Å²) in [6.07, 6.45) is 0. The zero-order valence-corrected chi connectivity index (χ0v) is 13.1. The molecular weight excluding hydrogens is 350 g/mol. The van der Waals surface area contributed by atoms with E-state index in [1.54, 1.807) is 18.2 Å². The number of aromatic nitrogens is 2. The van der Waals surface area contributed by atoms with Crippen LogP contribution in [0.3, 0.4) is 0 Å². The van der Waals surface area contributed by atoms with Gasteiger partial charge in [0.05, 0.1) is 5.56 Å². The Morgan fingerprint density at radius 2 is 1.92 bits per heavy atom. The van der Waals surface area contributed by atoms with E-state index in [-0.39, 0.29) is 30.7 Å². The number of fused-ring (bicyclic) bond motifs is 1. The minimum Gasteiger partial charge on any atom is -0.454 e. The predicted molar refractivity (Wildman–Crippen MR) is 81.3 cm³/mol. The van der Waals surface area contributed by atoms with Crippen molar-refractivity contribution in [3.8, 4) is 22.9 Å². The maximum Gasteiger partial charge on any atom is 0.338 e. The topological polar surface area (TPSA) is 83.7 Å². The molecule has 0 saturated heterocycles. The zero-order valence-electron chi connectivity index (χ0n) is 13.1. The van der Waals surface area contributed by atoms with Gasteiger partial charge in [-0.15, -0.1) is 0 Å². The SMILES string of the molecule is O=C(OCc1nc(-c2ccc3c(c2)OCO3)no1)c1ccc(F)c(F)c1. The molecule has 1 aliphatic rings. The monoisotopic (exact) mass is 360 g/mol. The molecule has 26 heavy (non-hydrogen) atoms. The first-order valence-electron chi connectivity index (χ1n) is 7.45. The second kappa shape index (κ2) is 6.43. The van der Waals surface area contributed by atoms with Crippen molar-refractivity contribution in [3.63, 3.8) is 0 Å². The van der Waals surface area contributed by atoms with E-state index >= 15 is 0 Å². The Morgan fingerprint density at radius 1 is 1.08 bits per heavy atom. The van der Waals surface area contributed by atoms with Gasteiger partial charge in [0.15, 0.2) is 29.7 Å². The average molecular weight is 360 g/mol. The molecule has 0 radical (unpaired) electrons. The first kappa shape index (κ1) is 16.0. The van der Waals surface area contributed by atoms with Crippen molar-refractivity contribution in [1.82, 2.24) is 10.1 Å². The maximum absolute atomic E-state index is 13.1. The third kappa shape index (κ3) is 3.06. The highest BCUT2D eigenvalue weighted by Crippen LogP contribution is 2.35. The summed E-state index contributed by atoms with van der Waals surface area (Å²) < 4.78 is 46.5. The van der Waals surface area contributed by atoms with Crippen LogP contribution >= 0.6 is 0 Å². The molecule has 132 valence electrons. The van der Waals surface area contributed by atoms with Crippen LogP contribution in [0.5, 0.6) is 11.5 Å². The second-order valence-electron chi connectivity index (χ2n) is 5.28. The standard InChI is InChI=1S/C17H10F2N2O5/c18-11-3-1-10(5-12(11)19)17(22)23-7-15-20-16(21-26-15)9-2-4-13-14(6-9)25-8-24-13/h1-6H,7-8H2. The smallest absolute Gasteiger partial charge is 0.338 e. The van der Waals surface area contributed by atoms with Crippen LogP contribution in [0.4, 0.5) is 8.78 Å². The number of ether oxygens (including phenoxy) is 3. The van der Waals surface area contributed by atoms with Crippen LogP contribution in [-0.4, -0.2) is 22.9 Å². The molecule has 0 spiro atoms. The number of hydrogen-bond acceptors (Lipinski definition) is 7. The number of nitrogens with zero attached hydrogens (tertiary/aromatic N) is 2. The Morgan fingerprint density at radius 3 is 2.77 bits per heavy atom. The Labute approximate surface area is 145 Å². The summed E-state index contributed by atoms with van der Waals surface area (Å²) in [6.45, 7) is -0.161. The summed E-state index contributed by atoms with van der Waals surface area (Å²) in [5, 5.41) is 3.80. The van der Waals surface area contributed by atoms with Gasteiger partial charge in [0.1, 0.15) is 0 Å². The summed E-state index contributed by atoms with van der Waals surface area (Å²) in [4.78, 5) is 16.0. The highest BCUT2D eigenvalue weighted by molar-refractivity contribution is 5.89. The normalized spacial score (nSPS) is 12.2. The first-order chi connectivity index (χ1) is 12.6. The number of halogens is 2. The van der Waals surface area contributed by atoms with Crippen molar-refractivity contribution in [1.29, 1.82) is 0 Å². The largest absolute Gasteiger partial charge is 0.454 e. The van der Waals surface area contributed by atoms with E-state index in [0.29, 0.717) is 17.1 Å². The van der Waals surface area contributed by atoms with Crippen LogP contribution in [0.15, 0.2) is 40.9 Å². The van der Waals surface area contributed by atoms with Crippen LogP contribution in [0, 0.1) is 11.6 Å². The van der Waals surface area contributed by atoms with Gasteiger partial charge in [-0.1, -0.05) is 5.16 Å². The van der Waals surface area contributed by atoms with Gasteiger partial charge in [0, 0.05) is 5.56 Å². The molecule has 1 aliphatic heterocycles. The number of benzene rings is 2. The molecule has 7 nitrogen and oxygen atoms in total. The molecule has 4 rings (SSSR count). The van der Waals surface area contributed by atoms with Crippen molar-refractivity contribution in [2.24, 2.45) is 0 Å². The fraction of sp³-hybridized carbons (Fsp3) is 0.118. The van der Waals surface area contributed by atoms with Crippen molar-refractivity contribution in [2.75, 3.05) is 6.79 Å². The van der Waals surface area contributed by atoms with Gasteiger partial charge in [-0.2, -0.15) is 4.98 Å². The van der Waals surface area contributed by atoms with Gasteiger partial charge >= 0.3 is 5.97 Å². The second-order valence-corrected chi connectivity index (χ2v) is 5.28. The third-order valence-corrected chi connectivity index (χ3v) is 3.58. The fourth-order valence-corrected chi connectivity index (χ4v) is 2.30. The molecule has 2 heterocycles. The lowest BCUT2D eigenvalue weighted by molar-refractivity contribution is 0.0429. The van der Waals surface area contributed by atoms with Crippen LogP contribution in [0.1, 0.15) is 16.2 Å². The van der Waals surface area contributed by atoms with Crippen LogP contribution < -0.4 is 9.47 Å². The molecule has 0 saturated carbocycles. The van der Waals surface area contributed by atoms with Gasteiger partial charge in [-0.05, 0) is 36.4 Å². The van der Waals surface area contributed by atoms with E-state index in [1.807, 2.05) is 0 Å². The van der Waals surface area contributed by atoms with E-state index in [2.05, 4.69) is 10.1 Å². The van der Waals surface area contributed by atoms with Crippen LogP contribution in [0.25, 0.3) is 11.4 Å². The predicted octanol–water partition coefficient (Wildman–Crippen LogP) is 3.10. The van der Waals surface area contributed by atoms with Gasteiger partial charge < -0.3 is 18.7 Å². The van der Waals surface area contributed by atoms with Gasteiger partial charge in [0.2, 0.25) is 12.6 Å². The number of carbonyl (C=O) groups excluding carboxylic acids is 1. The van der Waals surface area contributed by atoms with Crippen molar-refractivity contribution in [2.45, 2.75) is 6.61 Å². The Kier molecular flexibility index (Phi) is 3.96. The summed E-state index contributed by atoms with van der Waals surface area (Å²) in [5.41, 5.74) is 0.510. The fourth-order valence-electron chi connectivity index (χ4n) is 2.30. The number of carbonyl (C=O) groups is 1. The summed E-state index contributed by atoms with van der Waals surface area (Å²) >= 11 is 0. The summed E-state index contributed by atoms with van der Waals surface area (Å²) in [5.74, 6) is -1.51. The van der Waals surface area contributed by atoms with Gasteiger partial charge in [-0.25, -0.2) is 13.6 Å². The molecule has 0 amide bonds. The molecule has 0 aliphatic carbocycles. The number of rotatable bonds is 4. The molecular formula is C17H10F2N2O5. The van der Waals surface area contributed by atoms with Crippen molar-refractivity contribution >= 4 is 5.97 Å². The molecule has 0 atom stereocenters. The quantitative estimate of drug-likeness (QED) is 0.661. The molecule has 3 aromatic rings. The highest BCUT2D eigenvalue weighted by atomic mass is 19.2. The molecule has 1 aromatic heterocycles. The maximum atomic E-state index is 13.1. The van der Waals surface area contributed by atoms with Crippen molar-refractivity contribution < 1.29 is 32.3 Å². The molecule has 0 fully saturated rings. The minimum atomic E-state index is -1.14. The third-order valence-electron chi connectivity index (χ3n) is 3.58. The van der Waals surface area contributed by atoms with E-state index in [4.69, 9.17) is 18.7 Å². The molecule has 0 bridgehead atoms. The minimum absolute atomic E-state index is 0.0496. The Bertz CT molecular complexity index is 989. The molecule has 0 N–H and O–H groups in total. The Balaban J connectivity index is 1.43. The lowest BCUT2D eigenvalue weighted by Crippen LogP contribution is -2.06. The van der Waals surface area contributed by atoms with E-state index in [0.717, 1.165) is 18.2 Å². The van der Waals surface area contributed by atoms with E-state index < -0.39 is 17.6 Å². The lowest BCUT2D eigenvalue weighted by atomic mass is 10.2. The van der Waals surface area contributed by atoms with Gasteiger partial charge in [0.25, 0.3) is 5.89 Å². The average Bonchev–Trinajstić information content (AvgIpc) is 3.30.